The van der Waals surface area contributed by atoms with Gasteiger partial charge in [0.05, 0.1) is 5.92 Å². The van der Waals surface area contributed by atoms with Crippen molar-refractivity contribution in [3.63, 3.8) is 0 Å². The zero-order valence-corrected chi connectivity index (χ0v) is 14.3. The summed E-state index contributed by atoms with van der Waals surface area (Å²) in [6.07, 6.45) is 0. The van der Waals surface area contributed by atoms with Crippen LogP contribution in [-0.2, 0) is 20.9 Å². The first-order valence-electron chi connectivity index (χ1n) is 7.72. The predicted molar refractivity (Wildman–Crippen MR) is 83.3 cm³/mol. The topological polar surface area (TPSA) is 144 Å². The Morgan fingerprint density at radius 1 is 1.24 bits per heavy atom. The van der Waals surface area contributed by atoms with Gasteiger partial charge in [-0.3, -0.25) is 20.2 Å². The molecule has 0 aromatic carbocycles. The number of carboxylic acids is 1. The lowest BCUT2D eigenvalue weighted by molar-refractivity contribution is -0.622. The Kier molecular flexibility index (Phi) is 4.82. The van der Waals surface area contributed by atoms with E-state index in [0.29, 0.717) is 10.4 Å². The van der Waals surface area contributed by atoms with E-state index in [1.807, 2.05) is 10.6 Å². The second kappa shape index (κ2) is 6.54. The fourth-order valence-corrected chi connectivity index (χ4v) is 3.13. The normalized spacial score (nSPS) is 16.8. The third kappa shape index (κ3) is 3.19. The van der Waals surface area contributed by atoms with Crippen LogP contribution in [0.3, 0.4) is 0 Å². The van der Waals surface area contributed by atoms with E-state index in [-0.39, 0.29) is 17.4 Å². The van der Waals surface area contributed by atoms with Gasteiger partial charge in [-0.1, -0.05) is 13.8 Å². The first kappa shape index (κ1) is 18.4. The zero-order chi connectivity index (χ0) is 19.0. The summed E-state index contributed by atoms with van der Waals surface area (Å²) in [6, 6.07) is -0.919. The Balaban J connectivity index is 2.64. The van der Waals surface area contributed by atoms with E-state index in [1.54, 1.807) is 20.8 Å². The van der Waals surface area contributed by atoms with Crippen molar-refractivity contribution in [3.8, 4) is 0 Å². The highest BCUT2D eigenvalue weighted by atomic mass is 16.5. The van der Waals surface area contributed by atoms with Crippen LogP contribution in [0.2, 0.25) is 0 Å². The molecule has 1 aliphatic rings. The van der Waals surface area contributed by atoms with Crippen LogP contribution in [0.4, 0.5) is 4.79 Å². The Labute approximate surface area is 143 Å². The molecule has 2 rings (SSSR count). The van der Waals surface area contributed by atoms with Gasteiger partial charge in [0.25, 0.3) is 5.82 Å². The van der Waals surface area contributed by atoms with Crippen molar-refractivity contribution < 1.29 is 29.0 Å². The molecule has 0 spiro atoms. The van der Waals surface area contributed by atoms with E-state index in [9.17, 15) is 24.4 Å². The Bertz CT molecular complexity index is 747. The van der Waals surface area contributed by atoms with E-state index in [2.05, 4.69) is 0 Å². The molecule has 3 N–H and O–H groups in total. The van der Waals surface area contributed by atoms with Gasteiger partial charge in [0.15, 0.2) is 6.54 Å². The molecule has 25 heavy (non-hydrogen) atoms. The maximum atomic E-state index is 12.6. The summed E-state index contributed by atoms with van der Waals surface area (Å²) in [7, 11) is 0. The van der Waals surface area contributed by atoms with Gasteiger partial charge in [-0.05, 0) is 5.92 Å². The largest absolute Gasteiger partial charge is 0.711 e. The molecule has 2 heterocycles. The molecule has 4 amide bonds. The third-order valence-corrected chi connectivity index (χ3v) is 4.43. The molecule has 0 aliphatic carbocycles. The van der Waals surface area contributed by atoms with Crippen molar-refractivity contribution in [3.05, 3.63) is 22.4 Å². The molecule has 1 aliphatic heterocycles. The van der Waals surface area contributed by atoms with E-state index in [1.165, 1.54) is 11.5 Å². The molecule has 136 valence electrons. The molecule has 0 saturated carbocycles. The van der Waals surface area contributed by atoms with E-state index in [0.717, 1.165) is 0 Å². The molecule has 1 saturated heterocycles. The van der Waals surface area contributed by atoms with Crippen molar-refractivity contribution in [2.45, 2.75) is 40.2 Å². The third-order valence-electron chi connectivity index (χ3n) is 4.43. The molecule has 10 heteroatoms. The highest BCUT2D eigenvalue weighted by molar-refractivity contribution is 6.16. The maximum Gasteiger partial charge on any atom is 0.346 e. The number of nitrogens with zero attached hydrogens (tertiary/aromatic N) is 2. The summed E-state index contributed by atoms with van der Waals surface area (Å²) >= 11 is 0. The van der Waals surface area contributed by atoms with Gasteiger partial charge in [-0.2, -0.15) is 0 Å². The van der Waals surface area contributed by atoms with Crippen molar-refractivity contribution >= 4 is 23.8 Å². The number of aromatic nitrogens is 2. The van der Waals surface area contributed by atoms with Crippen LogP contribution in [0.25, 0.3) is 0 Å². The number of aliphatic carboxylic acids is 1. The van der Waals surface area contributed by atoms with Crippen LogP contribution in [0.1, 0.15) is 37.0 Å². The number of imidazole rings is 1. The molecule has 1 aromatic heterocycles. The van der Waals surface area contributed by atoms with Crippen LogP contribution in [-0.4, -0.2) is 33.5 Å². The lowest BCUT2D eigenvalue weighted by Gasteiger charge is -2.29. The van der Waals surface area contributed by atoms with Gasteiger partial charge in [-0.25, -0.2) is 18.9 Å². The second-order valence-electron chi connectivity index (χ2n) is 6.36. The average Bonchev–Trinajstić information content (AvgIpc) is 2.67. The van der Waals surface area contributed by atoms with E-state index >= 15 is 0 Å². The van der Waals surface area contributed by atoms with Gasteiger partial charge in [0.2, 0.25) is 11.8 Å². The summed E-state index contributed by atoms with van der Waals surface area (Å²) in [6.45, 7) is 6.08. The zero-order valence-electron chi connectivity index (χ0n) is 14.3. The predicted octanol–water partition coefficient (Wildman–Crippen LogP) is -0.455. The van der Waals surface area contributed by atoms with Gasteiger partial charge in [0, 0.05) is 13.8 Å². The number of barbiturate groups is 1. The number of amides is 4. The first-order valence-corrected chi connectivity index (χ1v) is 7.72. The molecule has 1 fully saturated rings. The van der Waals surface area contributed by atoms with Gasteiger partial charge >= 0.3 is 12.0 Å². The highest BCUT2D eigenvalue weighted by Gasteiger charge is 2.47. The van der Waals surface area contributed by atoms with E-state index in [4.69, 9.17) is 5.11 Å². The number of carboxylic acid groups (broad SMARTS) is 1. The molecule has 0 radical (unpaired) electrons. The highest BCUT2D eigenvalue weighted by Crippen LogP contribution is 2.33. The summed E-state index contributed by atoms with van der Waals surface area (Å²) in [4.78, 5) is 47.0. The van der Waals surface area contributed by atoms with Crippen LogP contribution in [0, 0.1) is 30.9 Å². The van der Waals surface area contributed by atoms with Crippen LogP contribution >= 0.6 is 0 Å². The first-order chi connectivity index (χ1) is 11.6. The lowest BCUT2D eigenvalue weighted by atomic mass is 9.80. The minimum atomic E-state index is -1.32. The molecular formula is C15H20N4O6. The van der Waals surface area contributed by atoms with Crippen LogP contribution < -0.4 is 15.4 Å². The van der Waals surface area contributed by atoms with Crippen molar-refractivity contribution in [1.82, 2.24) is 15.2 Å². The smallest absolute Gasteiger partial charge is 0.346 e. The molecule has 1 atom stereocenters. The number of hydrogen-bond donors (Lipinski definition) is 3. The minimum Gasteiger partial charge on any atom is -0.711 e. The van der Waals surface area contributed by atoms with Crippen molar-refractivity contribution in [1.29, 1.82) is 0 Å². The fourth-order valence-electron chi connectivity index (χ4n) is 3.13. The molecule has 0 bridgehead atoms. The summed E-state index contributed by atoms with van der Waals surface area (Å²) in [5.74, 6) is -5.35. The average molecular weight is 352 g/mol. The Morgan fingerprint density at radius 2 is 1.76 bits per heavy atom. The number of carbonyl (C=O) groups is 4. The number of nitrogens with one attached hydrogen (secondary N) is 2. The molecule has 0 unspecified atom stereocenters. The van der Waals surface area contributed by atoms with Crippen molar-refractivity contribution in [2.24, 2.45) is 11.8 Å². The number of hydrogen-bond acceptors (Lipinski definition) is 5. The minimum absolute atomic E-state index is 0.0112. The number of urea groups is 1. The summed E-state index contributed by atoms with van der Waals surface area (Å²) < 4.78 is 1.85. The quantitative estimate of drug-likeness (QED) is 0.372. The Morgan fingerprint density at radius 3 is 2.20 bits per heavy atom. The SMILES string of the molecule is Cc1c(C)[n+]([O-])c([C@@H](C(C)C)C2C(=O)NC(=O)NC2=O)n1CC(=O)O. The number of rotatable bonds is 5. The van der Waals surface area contributed by atoms with Gasteiger partial charge in [-0.15, -0.1) is 0 Å². The molecule has 10 nitrogen and oxygen atoms in total. The number of carbonyl (C=O) groups excluding carboxylic acids is 3. The van der Waals surface area contributed by atoms with Crippen LogP contribution in [0.5, 0.6) is 0 Å². The van der Waals surface area contributed by atoms with Crippen molar-refractivity contribution in [2.75, 3.05) is 0 Å². The standard InChI is InChI=1S/C15H20N4O6/c1-6(2)10(11-12(22)16-15(24)17-13(11)23)14-18(5-9(20)21)7(3)8(4)19(14)25/h6,10-11H,5H2,1-4H3,(H,20,21)(H2,16,17,22,23,24)/t10-/m0/s1. The maximum absolute atomic E-state index is 12.6. The molecular weight excluding hydrogens is 332 g/mol. The summed E-state index contributed by atoms with van der Waals surface area (Å²) in [5, 5.41) is 25.8. The number of imide groups is 2. The molecule has 1 aromatic rings. The van der Waals surface area contributed by atoms with E-state index < -0.39 is 42.2 Å². The Hall–Kier alpha value is -2.91. The van der Waals surface area contributed by atoms with Crippen LogP contribution in [0.15, 0.2) is 0 Å². The second-order valence-corrected chi connectivity index (χ2v) is 6.36. The lowest BCUT2D eigenvalue weighted by Crippen LogP contribution is -2.58. The summed E-state index contributed by atoms with van der Waals surface area (Å²) in [5.41, 5.74) is 0.723. The fraction of sp³-hybridized carbons (Fsp3) is 0.533. The van der Waals surface area contributed by atoms with Gasteiger partial charge < -0.3 is 10.3 Å². The van der Waals surface area contributed by atoms with Gasteiger partial charge in [0.1, 0.15) is 17.3 Å². The monoisotopic (exact) mass is 352 g/mol.